The lowest BCUT2D eigenvalue weighted by molar-refractivity contribution is -0.385. The maximum Gasteiger partial charge on any atom is 0.276 e. The third-order valence-electron chi connectivity index (χ3n) is 3.03. The van der Waals surface area contributed by atoms with E-state index in [2.05, 4.69) is 15.9 Å². The molecule has 0 fully saturated rings. The van der Waals surface area contributed by atoms with Gasteiger partial charge in [-0.2, -0.15) is 0 Å². The predicted molar refractivity (Wildman–Crippen MR) is 84.2 cm³/mol. The molecule has 0 aliphatic carbocycles. The molecule has 21 heavy (non-hydrogen) atoms. The zero-order valence-electron chi connectivity index (χ0n) is 11.5. The van der Waals surface area contributed by atoms with Crippen LogP contribution in [0.3, 0.4) is 0 Å². The topological polar surface area (TPSA) is 78.4 Å². The van der Waals surface area contributed by atoms with Crippen molar-refractivity contribution in [3.63, 3.8) is 0 Å². The van der Waals surface area contributed by atoms with Crippen LogP contribution in [0.2, 0.25) is 0 Å². The zero-order valence-corrected chi connectivity index (χ0v) is 13.0. The van der Waals surface area contributed by atoms with Crippen LogP contribution in [0, 0.1) is 10.1 Å². The molecule has 0 aromatic heterocycles. The fourth-order valence-electron chi connectivity index (χ4n) is 1.97. The SMILES string of the molecule is C[C@H](N)c1cc(Br)ccc1OCc1ccccc1[N+](=O)[O-]. The lowest BCUT2D eigenvalue weighted by Crippen LogP contribution is -2.08. The Kier molecular flexibility index (Phi) is 4.93. The molecule has 110 valence electrons. The number of ether oxygens (including phenoxy) is 1. The molecule has 5 nitrogen and oxygen atoms in total. The van der Waals surface area contributed by atoms with Crippen molar-refractivity contribution in [1.82, 2.24) is 0 Å². The van der Waals surface area contributed by atoms with E-state index in [-0.39, 0.29) is 18.3 Å². The van der Waals surface area contributed by atoms with E-state index in [4.69, 9.17) is 10.5 Å². The first kappa shape index (κ1) is 15.5. The summed E-state index contributed by atoms with van der Waals surface area (Å²) in [6.45, 7) is 1.98. The van der Waals surface area contributed by atoms with Crippen molar-refractivity contribution < 1.29 is 9.66 Å². The molecule has 2 aromatic carbocycles. The number of nitro groups is 1. The molecule has 0 saturated heterocycles. The van der Waals surface area contributed by atoms with Crippen LogP contribution in [0.25, 0.3) is 0 Å². The lowest BCUT2D eigenvalue weighted by atomic mass is 10.1. The molecular weight excluding hydrogens is 336 g/mol. The number of nitro benzene ring substituents is 1. The molecule has 0 heterocycles. The van der Waals surface area contributed by atoms with Gasteiger partial charge in [0.1, 0.15) is 12.4 Å². The van der Waals surface area contributed by atoms with Crippen molar-refractivity contribution in [2.24, 2.45) is 5.73 Å². The molecule has 0 bridgehead atoms. The van der Waals surface area contributed by atoms with Gasteiger partial charge in [-0.25, -0.2) is 0 Å². The molecular formula is C15H15BrN2O3. The highest BCUT2D eigenvalue weighted by Gasteiger charge is 2.14. The van der Waals surface area contributed by atoms with Gasteiger partial charge in [-0.1, -0.05) is 28.1 Å². The van der Waals surface area contributed by atoms with Crippen molar-refractivity contribution in [2.75, 3.05) is 0 Å². The Morgan fingerprint density at radius 1 is 1.33 bits per heavy atom. The number of nitrogens with two attached hydrogens (primary N) is 1. The van der Waals surface area contributed by atoms with Gasteiger partial charge < -0.3 is 10.5 Å². The lowest BCUT2D eigenvalue weighted by Gasteiger charge is -2.14. The number of rotatable bonds is 5. The maximum absolute atomic E-state index is 11.0. The van der Waals surface area contributed by atoms with Crippen LogP contribution in [-0.4, -0.2) is 4.92 Å². The van der Waals surface area contributed by atoms with Crippen molar-refractivity contribution in [3.05, 3.63) is 68.2 Å². The Balaban J connectivity index is 2.23. The van der Waals surface area contributed by atoms with Gasteiger partial charge >= 0.3 is 0 Å². The minimum absolute atomic E-state index is 0.0527. The normalized spacial score (nSPS) is 12.0. The van der Waals surface area contributed by atoms with Crippen molar-refractivity contribution in [1.29, 1.82) is 0 Å². The third kappa shape index (κ3) is 3.80. The van der Waals surface area contributed by atoms with Crippen LogP contribution in [0.5, 0.6) is 5.75 Å². The fraction of sp³-hybridized carbons (Fsp3) is 0.200. The number of hydrogen-bond donors (Lipinski definition) is 1. The summed E-state index contributed by atoms with van der Waals surface area (Å²) in [6, 6.07) is 11.9. The molecule has 1 atom stereocenters. The Hall–Kier alpha value is -1.92. The van der Waals surface area contributed by atoms with Crippen LogP contribution in [0.1, 0.15) is 24.1 Å². The Bertz CT molecular complexity index is 659. The molecule has 0 radical (unpaired) electrons. The minimum atomic E-state index is -0.410. The van der Waals surface area contributed by atoms with Crippen molar-refractivity contribution >= 4 is 21.6 Å². The van der Waals surface area contributed by atoms with Crippen LogP contribution < -0.4 is 10.5 Å². The number of para-hydroxylation sites is 1. The van der Waals surface area contributed by atoms with Gasteiger partial charge in [0.2, 0.25) is 0 Å². The molecule has 0 saturated carbocycles. The molecule has 6 heteroatoms. The summed E-state index contributed by atoms with van der Waals surface area (Å²) < 4.78 is 6.64. The molecule has 0 unspecified atom stereocenters. The first-order chi connectivity index (χ1) is 9.99. The number of benzene rings is 2. The van der Waals surface area contributed by atoms with Gasteiger partial charge in [0.25, 0.3) is 5.69 Å². The van der Waals surface area contributed by atoms with E-state index in [9.17, 15) is 10.1 Å². The van der Waals surface area contributed by atoms with Gasteiger partial charge in [-0.05, 0) is 31.2 Å². The number of halogens is 1. The number of hydrogen-bond acceptors (Lipinski definition) is 4. The largest absolute Gasteiger partial charge is 0.488 e. The first-order valence-corrected chi connectivity index (χ1v) is 7.18. The summed E-state index contributed by atoms with van der Waals surface area (Å²) in [5, 5.41) is 11.0. The first-order valence-electron chi connectivity index (χ1n) is 6.39. The second-order valence-electron chi connectivity index (χ2n) is 4.65. The molecule has 0 aliphatic rings. The minimum Gasteiger partial charge on any atom is -0.488 e. The van der Waals surface area contributed by atoms with E-state index in [0.29, 0.717) is 11.3 Å². The molecule has 2 N–H and O–H groups in total. The average Bonchev–Trinajstić information content (AvgIpc) is 2.46. The van der Waals surface area contributed by atoms with E-state index in [1.165, 1.54) is 6.07 Å². The quantitative estimate of drug-likeness (QED) is 0.653. The summed E-state index contributed by atoms with van der Waals surface area (Å²) >= 11 is 3.39. The summed E-state index contributed by atoms with van der Waals surface area (Å²) in [6.07, 6.45) is 0. The van der Waals surface area contributed by atoms with E-state index in [1.807, 2.05) is 19.1 Å². The summed E-state index contributed by atoms with van der Waals surface area (Å²) in [5.74, 6) is 0.631. The van der Waals surface area contributed by atoms with E-state index >= 15 is 0 Å². The fourth-order valence-corrected chi connectivity index (χ4v) is 2.35. The third-order valence-corrected chi connectivity index (χ3v) is 3.53. The van der Waals surface area contributed by atoms with Crippen molar-refractivity contribution in [2.45, 2.75) is 19.6 Å². The number of nitrogens with zero attached hydrogens (tertiary/aromatic N) is 1. The second kappa shape index (κ2) is 6.69. The standard InChI is InChI=1S/C15H15BrN2O3/c1-10(17)13-8-12(16)6-7-15(13)21-9-11-4-2-3-5-14(11)18(19)20/h2-8,10H,9,17H2,1H3/t10-/m0/s1. The highest BCUT2D eigenvalue weighted by Crippen LogP contribution is 2.29. The maximum atomic E-state index is 11.0. The average molecular weight is 351 g/mol. The molecule has 2 rings (SSSR count). The molecule has 0 aliphatic heterocycles. The Labute approximate surface area is 131 Å². The molecule has 0 spiro atoms. The highest BCUT2D eigenvalue weighted by molar-refractivity contribution is 9.10. The van der Waals surface area contributed by atoms with Crippen molar-refractivity contribution in [3.8, 4) is 5.75 Å². The molecule has 2 aromatic rings. The van der Waals surface area contributed by atoms with Crippen LogP contribution >= 0.6 is 15.9 Å². The monoisotopic (exact) mass is 350 g/mol. The van der Waals surface area contributed by atoms with E-state index in [0.717, 1.165) is 10.0 Å². The van der Waals surface area contributed by atoms with Gasteiger partial charge in [-0.3, -0.25) is 10.1 Å². The van der Waals surface area contributed by atoms with Gasteiger partial charge in [-0.15, -0.1) is 0 Å². The zero-order chi connectivity index (χ0) is 15.4. The Morgan fingerprint density at radius 3 is 2.71 bits per heavy atom. The smallest absolute Gasteiger partial charge is 0.276 e. The van der Waals surface area contributed by atoms with Crippen LogP contribution in [0.15, 0.2) is 46.9 Å². The van der Waals surface area contributed by atoms with Crippen LogP contribution in [0.4, 0.5) is 5.69 Å². The van der Waals surface area contributed by atoms with Gasteiger partial charge in [0.05, 0.1) is 10.5 Å². The van der Waals surface area contributed by atoms with Gasteiger partial charge in [0.15, 0.2) is 0 Å². The highest BCUT2D eigenvalue weighted by atomic mass is 79.9. The Morgan fingerprint density at radius 2 is 2.05 bits per heavy atom. The van der Waals surface area contributed by atoms with E-state index in [1.54, 1.807) is 24.3 Å². The second-order valence-corrected chi connectivity index (χ2v) is 5.56. The summed E-state index contributed by atoms with van der Waals surface area (Å²) in [7, 11) is 0. The molecule has 0 amide bonds. The van der Waals surface area contributed by atoms with Gasteiger partial charge in [0, 0.05) is 22.1 Å². The van der Waals surface area contributed by atoms with Crippen LogP contribution in [-0.2, 0) is 6.61 Å². The summed E-state index contributed by atoms with van der Waals surface area (Å²) in [4.78, 5) is 10.6. The summed E-state index contributed by atoms with van der Waals surface area (Å²) in [5.41, 5.74) is 7.35. The van der Waals surface area contributed by atoms with E-state index < -0.39 is 4.92 Å². The predicted octanol–water partition coefficient (Wildman–Crippen LogP) is 3.96.